The second-order valence-electron chi connectivity index (χ2n) is 6.02. The Morgan fingerprint density at radius 3 is 2.62 bits per heavy atom. The van der Waals surface area contributed by atoms with Crippen molar-refractivity contribution < 1.29 is 9.90 Å². The quantitative estimate of drug-likeness (QED) is 0.596. The van der Waals surface area contributed by atoms with E-state index in [2.05, 4.69) is 31.8 Å². The van der Waals surface area contributed by atoms with Crippen LogP contribution in [0, 0.1) is 5.92 Å². The Hall–Kier alpha value is -1.64. The van der Waals surface area contributed by atoms with Gasteiger partial charge in [-0.1, -0.05) is 18.6 Å². The van der Waals surface area contributed by atoms with Crippen LogP contribution in [0.25, 0.3) is 0 Å². The van der Waals surface area contributed by atoms with E-state index in [1.165, 1.54) is 36.0 Å². The van der Waals surface area contributed by atoms with E-state index >= 15 is 0 Å². The van der Waals surface area contributed by atoms with Crippen molar-refractivity contribution in [3.8, 4) is 0 Å². The van der Waals surface area contributed by atoms with Crippen molar-refractivity contribution in [1.29, 1.82) is 0 Å². The van der Waals surface area contributed by atoms with Crippen LogP contribution in [-0.4, -0.2) is 23.3 Å². The Balaban J connectivity index is 2.84. The number of rotatable bonds is 5. The molecule has 2 unspecified atom stereocenters. The fourth-order valence-corrected chi connectivity index (χ4v) is 2.49. The molecule has 3 heteroatoms. The number of hydrogen-bond donors (Lipinski definition) is 1. The summed E-state index contributed by atoms with van der Waals surface area (Å²) in [6.07, 6.45) is 9.50. The lowest BCUT2D eigenvalue weighted by molar-refractivity contribution is -0.137. The summed E-state index contributed by atoms with van der Waals surface area (Å²) in [4.78, 5) is 14.7. The summed E-state index contributed by atoms with van der Waals surface area (Å²) in [6, 6.07) is -0.693. The number of carboxylic acid groups (broad SMARTS) is 1. The predicted molar refractivity (Wildman–Crippen MR) is 88.8 cm³/mol. The molecule has 0 aromatic heterocycles. The first-order valence-electron chi connectivity index (χ1n) is 7.64. The van der Waals surface area contributed by atoms with Gasteiger partial charge in [0.25, 0.3) is 0 Å². The highest BCUT2D eigenvalue weighted by atomic mass is 16.4. The molecule has 0 saturated heterocycles. The number of aliphatic carboxylic acids is 1. The number of allylic oxidation sites excluding steroid dienone is 6. The smallest absolute Gasteiger partial charge is 0.328 e. The molecule has 0 spiro atoms. The van der Waals surface area contributed by atoms with Crippen LogP contribution in [0.4, 0.5) is 0 Å². The van der Waals surface area contributed by atoms with E-state index in [1.54, 1.807) is 13.1 Å². The zero-order valence-corrected chi connectivity index (χ0v) is 13.8. The first kappa shape index (κ1) is 17.4. The Kier molecular flexibility index (Phi) is 6.60. The molecule has 1 aliphatic carbocycles. The zero-order chi connectivity index (χ0) is 16.0. The minimum atomic E-state index is -0.902. The van der Waals surface area contributed by atoms with Crippen molar-refractivity contribution >= 4 is 12.2 Å². The Bertz CT molecular complexity index is 509. The fraction of sp³-hybridized carbons (Fsp3) is 0.556. The van der Waals surface area contributed by atoms with Crippen LogP contribution in [0.2, 0.25) is 0 Å². The third-order valence-corrected chi connectivity index (χ3v) is 4.20. The van der Waals surface area contributed by atoms with Crippen molar-refractivity contribution in [1.82, 2.24) is 0 Å². The highest BCUT2D eigenvalue weighted by Gasteiger charge is 2.15. The van der Waals surface area contributed by atoms with Crippen LogP contribution in [0.5, 0.6) is 0 Å². The molecule has 0 aromatic carbocycles. The Morgan fingerprint density at radius 1 is 1.38 bits per heavy atom. The molecule has 3 nitrogen and oxygen atoms in total. The first-order valence-corrected chi connectivity index (χ1v) is 7.64. The molecular weight excluding hydrogens is 262 g/mol. The van der Waals surface area contributed by atoms with Gasteiger partial charge in [0.05, 0.1) is 0 Å². The third-order valence-electron chi connectivity index (χ3n) is 4.20. The monoisotopic (exact) mass is 289 g/mol. The maximum atomic E-state index is 10.7. The molecule has 1 N–H and O–H groups in total. The summed E-state index contributed by atoms with van der Waals surface area (Å²) < 4.78 is 0. The van der Waals surface area contributed by atoms with Crippen LogP contribution >= 0.6 is 0 Å². The van der Waals surface area contributed by atoms with Gasteiger partial charge < -0.3 is 5.11 Å². The van der Waals surface area contributed by atoms with Gasteiger partial charge in [-0.05, 0) is 75.7 Å². The van der Waals surface area contributed by atoms with Crippen LogP contribution < -0.4 is 0 Å². The molecule has 1 aliphatic rings. The van der Waals surface area contributed by atoms with E-state index in [9.17, 15) is 4.79 Å². The van der Waals surface area contributed by atoms with E-state index < -0.39 is 12.0 Å². The van der Waals surface area contributed by atoms with E-state index in [0.29, 0.717) is 5.92 Å². The topological polar surface area (TPSA) is 49.7 Å². The standard InChI is InChI=1S/C18H27NO2/c1-12(9-10-19-16(5)18(20)21)15(4)11-17-13(2)7-6-8-14(17)3/h9-11,13,16H,6-8H2,1-5H3,(H,20,21)/b12-9+,15-11+,19-10?. The zero-order valence-electron chi connectivity index (χ0n) is 13.8. The molecule has 0 amide bonds. The molecular formula is C18H27NO2. The number of aliphatic imine (C=N–C) groups is 1. The molecule has 0 heterocycles. The minimum Gasteiger partial charge on any atom is -0.480 e. The number of carboxylic acids is 1. The first-order chi connectivity index (χ1) is 9.82. The van der Waals surface area contributed by atoms with Crippen molar-refractivity contribution in [2.45, 2.75) is 59.9 Å². The largest absolute Gasteiger partial charge is 0.480 e. The van der Waals surface area contributed by atoms with Crippen molar-refractivity contribution in [3.63, 3.8) is 0 Å². The predicted octanol–water partition coefficient (Wildman–Crippen LogP) is 4.56. The van der Waals surface area contributed by atoms with Crippen molar-refractivity contribution in [2.24, 2.45) is 10.9 Å². The van der Waals surface area contributed by atoms with Crippen LogP contribution in [-0.2, 0) is 4.79 Å². The number of nitrogens with zero attached hydrogens (tertiary/aromatic N) is 1. The highest BCUT2D eigenvalue weighted by Crippen LogP contribution is 2.31. The average Bonchev–Trinajstić information content (AvgIpc) is 2.42. The maximum Gasteiger partial charge on any atom is 0.328 e. The van der Waals surface area contributed by atoms with Gasteiger partial charge in [-0.2, -0.15) is 0 Å². The lowest BCUT2D eigenvalue weighted by Crippen LogP contribution is -2.12. The molecule has 0 bridgehead atoms. The molecule has 0 fully saturated rings. The van der Waals surface area contributed by atoms with Crippen molar-refractivity contribution in [2.75, 3.05) is 0 Å². The summed E-state index contributed by atoms with van der Waals surface area (Å²) in [5.41, 5.74) is 5.29. The van der Waals surface area contributed by atoms with Gasteiger partial charge in [0.2, 0.25) is 0 Å². The maximum absolute atomic E-state index is 10.7. The highest BCUT2D eigenvalue weighted by molar-refractivity contribution is 5.79. The van der Waals surface area contributed by atoms with E-state index in [0.717, 1.165) is 5.57 Å². The minimum absolute atomic E-state index is 0.627. The van der Waals surface area contributed by atoms with Gasteiger partial charge in [0, 0.05) is 6.21 Å². The molecule has 21 heavy (non-hydrogen) atoms. The van der Waals surface area contributed by atoms with E-state index in [1.807, 2.05) is 13.0 Å². The molecule has 2 atom stereocenters. The number of hydrogen-bond acceptors (Lipinski definition) is 2. The lowest BCUT2D eigenvalue weighted by atomic mass is 9.83. The van der Waals surface area contributed by atoms with Gasteiger partial charge in [0.1, 0.15) is 6.04 Å². The third kappa shape index (κ3) is 5.33. The van der Waals surface area contributed by atoms with Gasteiger partial charge in [-0.3, -0.25) is 4.99 Å². The summed E-state index contributed by atoms with van der Waals surface area (Å²) in [6.45, 7) is 10.2. The molecule has 0 saturated carbocycles. The fourth-order valence-electron chi connectivity index (χ4n) is 2.49. The summed E-state index contributed by atoms with van der Waals surface area (Å²) in [5, 5.41) is 8.78. The van der Waals surface area contributed by atoms with Crippen LogP contribution in [0.1, 0.15) is 53.9 Å². The number of carbonyl (C=O) groups is 1. The van der Waals surface area contributed by atoms with Gasteiger partial charge in [-0.25, -0.2) is 4.79 Å². The summed E-state index contributed by atoms with van der Waals surface area (Å²) >= 11 is 0. The van der Waals surface area contributed by atoms with Gasteiger partial charge >= 0.3 is 5.97 Å². The van der Waals surface area contributed by atoms with Gasteiger partial charge in [-0.15, -0.1) is 0 Å². The van der Waals surface area contributed by atoms with Crippen molar-refractivity contribution in [3.05, 3.63) is 34.4 Å². The van der Waals surface area contributed by atoms with Crippen LogP contribution in [0.15, 0.2) is 39.4 Å². The van der Waals surface area contributed by atoms with Crippen LogP contribution in [0.3, 0.4) is 0 Å². The van der Waals surface area contributed by atoms with E-state index in [-0.39, 0.29) is 0 Å². The normalized spacial score (nSPS) is 22.8. The molecule has 116 valence electrons. The SMILES string of the molecule is CC1=C(/C=C(C)/C(C)=C/C=NC(C)C(=O)O)C(C)CCC1. The molecule has 0 aromatic rings. The van der Waals surface area contributed by atoms with Gasteiger partial charge in [0.15, 0.2) is 0 Å². The Morgan fingerprint density at radius 2 is 2.05 bits per heavy atom. The molecule has 1 rings (SSSR count). The summed E-state index contributed by atoms with van der Waals surface area (Å²) in [5.74, 6) is -0.274. The summed E-state index contributed by atoms with van der Waals surface area (Å²) in [7, 11) is 0. The molecule has 0 aliphatic heterocycles. The average molecular weight is 289 g/mol. The molecule has 0 radical (unpaired) electrons. The second kappa shape index (κ2) is 7.96. The lowest BCUT2D eigenvalue weighted by Gasteiger charge is -2.23. The Labute approximate surface area is 128 Å². The van der Waals surface area contributed by atoms with E-state index in [4.69, 9.17) is 5.11 Å². The second-order valence-corrected chi connectivity index (χ2v) is 6.02.